The largest absolute Gasteiger partial charge is 0.348 e. The summed E-state index contributed by atoms with van der Waals surface area (Å²) in [5.74, 6) is 0.00241. The number of hydrogen-bond donors (Lipinski definition) is 0. The molecule has 2 aliphatic heterocycles. The number of amides is 1. The first kappa shape index (κ1) is 14.0. The maximum absolute atomic E-state index is 12.7. The molecule has 3 heterocycles. The Morgan fingerprint density at radius 2 is 2.10 bits per heavy atom. The highest BCUT2D eigenvalue weighted by molar-refractivity contribution is 9.10. The van der Waals surface area contributed by atoms with E-state index in [0.717, 1.165) is 30.3 Å². The van der Waals surface area contributed by atoms with Crippen molar-refractivity contribution >= 4 is 21.8 Å². The third-order valence-electron chi connectivity index (χ3n) is 3.72. The van der Waals surface area contributed by atoms with Crippen molar-refractivity contribution in [1.82, 2.24) is 9.88 Å². The van der Waals surface area contributed by atoms with Crippen molar-refractivity contribution < 1.29 is 14.3 Å². The molecule has 0 N–H and O–H groups in total. The van der Waals surface area contributed by atoms with Crippen LogP contribution in [0.5, 0.6) is 0 Å². The van der Waals surface area contributed by atoms with Crippen LogP contribution in [-0.2, 0) is 9.47 Å². The molecular formula is C14H17BrN2O3. The molecule has 0 aromatic carbocycles. The number of nitrogens with zero attached hydrogens (tertiary/aromatic N) is 2. The molecule has 3 rings (SSSR count). The Bertz CT molecular complexity index is 491. The van der Waals surface area contributed by atoms with E-state index in [9.17, 15) is 4.79 Å². The molecule has 1 atom stereocenters. The topological polar surface area (TPSA) is 51.7 Å². The fourth-order valence-corrected chi connectivity index (χ4v) is 3.15. The highest BCUT2D eigenvalue weighted by Crippen LogP contribution is 2.26. The van der Waals surface area contributed by atoms with Gasteiger partial charge in [-0.25, -0.2) is 0 Å². The second kappa shape index (κ2) is 6.20. The second-order valence-corrected chi connectivity index (χ2v) is 5.98. The van der Waals surface area contributed by atoms with Crippen LogP contribution in [0.3, 0.4) is 0 Å². The zero-order chi connectivity index (χ0) is 13.9. The maximum Gasteiger partial charge on any atom is 0.255 e. The summed E-state index contributed by atoms with van der Waals surface area (Å²) in [7, 11) is 0. The minimum Gasteiger partial charge on any atom is -0.348 e. The van der Waals surface area contributed by atoms with Crippen LogP contribution < -0.4 is 0 Å². The summed E-state index contributed by atoms with van der Waals surface area (Å²) in [5.41, 5.74) is 0.601. The van der Waals surface area contributed by atoms with E-state index in [1.165, 1.54) is 0 Å². The van der Waals surface area contributed by atoms with Crippen molar-refractivity contribution in [2.45, 2.75) is 31.6 Å². The van der Waals surface area contributed by atoms with Gasteiger partial charge < -0.3 is 14.4 Å². The monoisotopic (exact) mass is 340 g/mol. The van der Waals surface area contributed by atoms with Crippen molar-refractivity contribution in [3.63, 3.8) is 0 Å². The molecule has 108 valence electrons. The molecule has 0 spiro atoms. The summed E-state index contributed by atoms with van der Waals surface area (Å²) in [6, 6.07) is 1.81. The first-order valence-corrected chi connectivity index (χ1v) is 7.70. The van der Waals surface area contributed by atoms with E-state index in [1.54, 1.807) is 18.5 Å². The Morgan fingerprint density at radius 3 is 2.85 bits per heavy atom. The molecule has 0 saturated carbocycles. The van der Waals surface area contributed by atoms with Gasteiger partial charge in [0.25, 0.3) is 5.91 Å². The lowest BCUT2D eigenvalue weighted by Gasteiger charge is -2.38. The molecular weight excluding hydrogens is 324 g/mol. The standard InChI is InChI=1S/C14H17BrN2O3/c15-11-7-10(8-16-9-11)13(18)17-4-2-1-3-12(17)14-19-5-6-20-14/h7-9,12,14H,1-6H2. The number of hydrogen-bond acceptors (Lipinski definition) is 4. The predicted molar refractivity (Wildman–Crippen MR) is 76.3 cm³/mol. The molecule has 20 heavy (non-hydrogen) atoms. The SMILES string of the molecule is O=C(c1cncc(Br)c1)N1CCCCC1C1OCCO1. The van der Waals surface area contributed by atoms with Gasteiger partial charge in [0.1, 0.15) is 0 Å². The third-order valence-corrected chi connectivity index (χ3v) is 4.16. The molecule has 2 fully saturated rings. The first-order valence-electron chi connectivity index (χ1n) is 6.90. The Balaban J connectivity index is 1.80. The number of carbonyl (C=O) groups excluding carboxylic acids is 1. The predicted octanol–water partition coefficient (Wildman–Crippen LogP) is 2.21. The van der Waals surface area contributed by atoms with Crippen LogP contribution in [0.4, 0.5) is 0 Å². The second-order valence-electron chi connectivity index (χ2n) is 5.06. The molecule has 0 aliphatic carbocycles. The van der Waals surface area contributed by atoms with Crippen LogP contribution in [0.2, 0.25) is 0 Å². The molecule has 0 radical (unpaired) electrons. The van der Waals surface area contributed by atoms with Crippen molar-refractivity contribution in [3.05, 3.63) is 28.5 Å². The molecule has 0 bridgehead atoms. The summed E-state index contributed by atoms with van der Waals surface area (Å²) in [5, 5.41) is 0. The first-order chi connectivity index (χ1) is 9.75. The minimum absolute atomic E-state index is 0.00241. The number of piperidine rings is 1. The fraction of sp³-hybridized carbons (Fsp3) is 0.571. The average Bonchev–Trinajstić information content (AvgIpc) is 3.00. The van der Waals surface area contributed by atoms with Crippen LogP contribution in [0.1, 0.15) is 29.6 Å². The van der Waals surface area contributed by atoms with E-state index in [4.69, 9.17) is 9.47 Å². The fourth-order valence-electron chi connectivity index (χ4n) is 2.79. The summed E-state index contributed by atoms with van der Waals surface area (Å²) in [4.78, 5) is 18.6. The quantitative estimate of drug-likeness (QED) is 0.828. The zero-order valence-corrected chi connectivity index (χ0v) is 12.7. The van der Waals surface area contributed by atoms with E-state index < -0.39 is 0 Å². The Labute approximate surface area is 126 Å². The van der Waals surface area contributed by atoms with Gasteiger partial charge in [-0.3, -0.25) is 9.78 Å². The van der Waals surface area contributed by atoms with E-state index in [2.05, 4.69) is 20.9 Å². The van der Waals surface area contributed by atoms with Crippen molar-refractivity contribution in [3.8, 4) is 0 Å². The Morgan fingerprint density at radius 1 is 1.30 bits per heavy atom. The zero-order valence-electron chi connectivity index (χ0n) is 11.1. The number of pyridine rings is 1. The highest BCUT2D eigenvalue weighted by atomic mass is 79.9. The van der Waals surface area contributed by atoms with Crippen LogP contribution in [0.15, 0.2) is 22.9 Å². The number of carbonyl (C=O) groups is 1. The summed E-state index contributed by atoms with van der Waals surface area (Å²) in [6.45, 7) is 1.97. The normalized spacial score (nSPS) is 24.1. The number of ether oxygens (including phenoxy) is 2. The number of likely N-dealkylation sites (tertiary alicyclic amines) is 1. The van der Waals surface area contributed by atoms with Gasteiger partial charge in [-0.2, -0.15) is 0 Å². The number of rotatable bonds is 2. The van der Waals surface area contributed by atoms with E-state index >= 15 is 0 Å². The van der Waals surface area contributed by atoms with Gasteiger partial charge in [-0.1, -0.05) is 0 Å². The van der Waals surface area contributed by atoms with Crippen molar-refractivity contribution in [1.29, 1.82) is 0 Å². The van der Waals surface area contributed by atoms with E-state index in [0.29, 0.717) is 18.8 Å². The lowest BCUT2D eigenvalue weighted by molar-refractivity contribution is -0.100. The number of aromatic nitrogens is 1. The molecule has 1 unspecified atom stereocenters. The van der Waals surface area contributed by atoms with Gasteiger partial charge >= 0.3 is 0 Å². The maximum atomic E-state index is 12.7. The van der Waals surface area contributed by atoms with Crippen LogP contribution in [0, 0.1) is 0 Å². The number of halogens is 1. The molecule has 6 heteroatoms. The molecule has 1 amide bonds. The van der Waals surface area contributed by atoms with E-state index in [-0.39, 0.29) is 18.2 Å². The van der Waals surface area contributed by atoms with Crippen LogP contribution in [-0.4, -0.2) is 47.9 Å². The van der Waals surface area contributed by atoms with Gasteiger partial charge in [-0.05, 0) is 41.3 Å². The van der Waals surface area contributed by atoms with Crippen molar-refractivity contribution in [2.24, 2.45) is 0 Å². The summed E-state index contributed by atoms with van der Waals surface area (Å²) < 4.78 is 12.0. The van der Waals surface area contributed by atoms with Crippen LogP contribution in [0.25, 0.3) is 0 Å². The lowest BCUT2D eigenvalue weighted by Crippen LogP contribution is -2.50. The lowest BCUT2D eigenvalue weighted by atomic mass is 10.0. The summed E-state index contributed by atoms with van der Waals surface area (Å²) >= 11 is 3.35. The molecule has 2 saturated heterocycles. The Kier molecular flexibility index (Phi) is 4.33. The smallest absolute Gasteiger partial charge is 0.255 e. The Hall–Kier alpha value is -0.980. The molecule has 1 aromatic heterocycles. The third kappa shape index (κ3) is 2.87. The molecule has 2 aliphatic rings. The van der Waals surface area contributed by atoms with Gasteiger partial charge in [0.15, 0.2) is 6.29 Å². The van der Waals surface area contributed by atoms with Gasteiger partial charge in [0.2, 0.25) is 0 Å². The van der Waals surface area contributed by atoms with Gasteiger partial charge in [0.05, 0.1) is 24.8 Å². The average molecular weight is 341 g/mol. The highest BCUT2D eigenvalue weighted by Gasteiger charge is 2.36. The molecule has 1 aromatic rings. The summed E-state index contributed by atoms with van der Waals surface area (Å²) in [6.07, 6.45) is 6.06. The van der Waals surface area contributed by atoms with Gasteiger partial charge in [0, 0.05) is 23.4 Å². The van der Waals surface area contributed by atoms with Crippen molar-refractivity contribution in [2.75, 3.05) is 19.8 Å². The van der Waals surface area contributed by atoms with Crippen LogP contribution >= 0.6 is 15.9 Å². The minimum atomic E-state index is -0.278. The molecule has 5 nitrogen and oxygen atoms in total. The van der Waals surface area contributed by atoms with Gasteiger partial charge in [-0.15, -0.1) is 0 Å². The van der Waals surface area contributed by atoms with E-state index in [1.807, 2.05) is 4.90 Å².